The summed E-state index contributed by atoms with van der Waals surface area (Å²) in [6.07, 6.45) is 11.2. The molecular formula is C17H19N9O. The van der Waals surface area contributed by atoms with E-state index < -0.39 is 0 Å². The summed E-state index contributed by atoms with van der Waals surface area (Å²) in [5.41, 5.74) is 0.742. The lowest BCUT2D eigenvalue weighted by Crippen LogP contribution is -2.43. The molecule has 1 aliphatic rings. The summed E-state index contributed by atoms with van der Waals surface area (Å²) in [5, 5.41) is 7.04. The zero-order valence-electron chi connectivity index (χ0n) is 14.6. The van der Waals surface area contributed by atoms with E-state index in [0.29, 0.717) is 18.9 Å². The first-order chi connectivity index (χ1) is 13.3. The first-order valence-electron chi connectivity index (χ1n) is 8.74. The van der Waals surface area contributed by atoms with Gasteiger partial charge in [0.2, 0.25) is 5.91 Å². The van der Waals surface area contributed by atoms with Crippen LogP contribution in [0.25, 0.3) is 5.82 Å². The smallest absolute Gasteiger partial charge is 0.225 e. The number of nitrogens with one attached hydrogen (secondary N) is 1. The van der Waals surface area contributed by atoms with E-state index in [2.05, 4.69) is 40.2 Å². The number of carbonyl (C=O) groups excluding carboxylic acids is 1. The maximum Gasteiger partial charge on any atom is 0.225 e. The molecule has 3 aromatic heterocycles. The molecule has 10 nitrogen and oxygen atoms in total. The molecule has 1 unspecified atom stereocenters. The van der Waals surface area contributed by atoms with Crippen molar-refractivity contribution in [2.75, 3.05) is 18.0 Å². The second-order valence-electron chi connectivity index (χ2n) is 6.27. The molecule has 0 aromatic carbocycles. The Morgan fingerprint density at radius 2 is 2.07 bits per heavy atom. The third-order valence-corrected chi connectivity index (χ3v) is 4.47. The third kappa shape index (κ3) is 4.05. The number of rotatable bonds is 5. The van der Waals surface area contributed by atoms with Crippen LogP contribution in [0.2, 0.25) is 0 Å². The summed E-state index contributed by atoms with van der Waals surface area (Å²) in [7, 11) is 0. The van der Waals surface area contributed by atoms with Gasteiger partial charge >= 0.3 is 0 Å². The van der Waals surface area contributed by atoms with Gasteiger partial charge in [0.25, 0.3) is 0 Å². The molecule has 3 aromatic rings. The Balaban J connectivity index is 1.40. The van der Waals surface area contributed by atoms with Gasteiger partial charge in [0.1, 0.15) is 24.8 Å². The maximum absolute atomic E-state index is 12.6. The van der Waals surface area contributed by atoms with Crippen LogP contribution in [-0.2, 0) is 11.3 Å². The van der Waals surface area contributed by atoms with Crippen LogP contribution in [0.15, 0.2) is 43.6 Å². The van der Waals surface area contributed by atoms with Crippen LogP contribution in [0.3, 0.4) is 0 Å². The molecule has 1 aliphatic heterocycles. The van der Waals surface area contributed by atoms with E-state index in [1.165, 1.54) is 12.7 Å². The highest BCUT2D eigenvalue weighted by Gasteiger charge is 2.26. The molecule has 0 spiro atoms. The van der Waals surface area contributed by atoms with Gasteiger partial charge in [-0.2, -0.15) is 5.10 Å². The Morgan fingerprint density at radius 1 is 1.15 bits per heavy atom. The number of anilines is 1. The summed E-state index contributed by atoms with van der Waals surface area (Å²) < 4.78 is 1.58. The van der Waals surface area contributed by atoms with Crippen LogP contribution in [0, 0.1) is 5.92 Å². The van der Waals surface area contributed by atoms with Gasteiger partial charge in [-0.3, -0.25) is 14.8 Å². The van der Waals surface area contributed by atoms with Gasteiger partial charge in [-0.25, -0.2) is 19.6 Å². The highest BCUT2D eigenvalue weighted by Crippen LogP contribution is 2.22. The van der Waals surface area contributed by atoms with E-state index in [1.807, 2.05) is 6.07 Å². The van der Waals surface area contributed by atoms with Gasteiger partial charge in [-0.05, 0) is 12.8 Å². The molecule has 138 valence electrons. The van der Waals surface area contributed by atoms with Crippen molar-refractivity contribution in [1.29, 1.82) is 0 Å². The Hall–Kier alpha value is -3.43. The second-order valence-corrected chi connectivity index (χ2v) is 6.27. The lowest BCUT2D eigenvalue weighted by atomic mass is 9.97. The Kier molecular flexibility index (Phi) is 4.95. The molecule has 4 heterocycles. The largest absolute Gasteiger partial charge is 0.356 e. The van der Waals surface area contributed by atoms with Crippen LogP contribution in [0.5, 0.6) is 0 Å². The van der Waals surface area contributed by atoms with Crippen LogP contribution >= 0.6 is 0 Å². The fourth-order valence-corrected chi connectivity index (χ4v) is 3.10. The first kappa shape index (κ1) is 17.0. The number of aromatic nitrogens is 7. The zero-order valence-corrected chi connectivity index (χ0v) is 14.6. The second kappa shape index (κ2) is 7.85. The van der Waals surface area contributed by atoms with Gasteiger partial charge in [0.15, 0.2) is 5.82 Å². The van der Waals surface area contributed by atoms with Crippen LogP contribution < -0.4 is 10.2 Å². The molecule has 1 saturated heterocycles. The molecule has 0 saturated carbocycles. The van der Waals surface area contributed by atoms with Gasteiger partial charge in [-0.15, -0.1) is 0 Å². The molecule has 1 atom stereocenters. The highest BCUT2D eigenvalue weighted by molar-refractivity contribution is 5.79. The Morgan fingerprint density at radius 3 is 2.89 bits per heavy atom. The zero-order chi connectivity index (χ0) is 18.5. The fourth-order valence-electron chi connectivity index (χ4n) is 3.10. The summed E-state index contributed by atoms with van der Waals surface area (Å²) in [5.74, 6) is 1.35. The van der Waals surface area contributed by atoms with Gasteiger partial charge in [0, 0.05) is 31.5 Å². The predicted molar refractivity (Wildman–Crippen MR) is 95.8 cm³/mol. The molecule has 0 radical (unpaired) electrons. The highest BCUT2D eigenvalue weighted by atomic mass is 16.1. The maximum atomic E-state index is 12.6. The van der Waals surface area contributed by atoms with Crippen molar-refractivity contribution in [3.8, 4) is 5.82 Å². The minimum absolute atomic E-state index is 0.0240. The molecule has 1 amide bonds. The van der Waals surface area contributed by atoms with Gasteiger partial charge < -0.3 is 10.2 Å². The average Bonchev–Trinajstić information content (AvgIpc) is 3.28. The van der Waals surface area contributed by atoms with E-state index in [0.717, 1.165) is 30.9 Å². The van der Waals surface area contributed by atoms with E-state index in [9.17, 15) is 4.79 Å². The van der Waals surface area contributed by atoms with Crippen LogP contribution in [0.1, 0.15) is 18.5 Å². The van der Waals surface area contributed by atoms with Crippen molar-refractivity contribution in [2.45, 2.75) is 19.4 Å². The molecule has 1 N–H and O–H groups in total. The summed E-state index contributed by atoms with van der Waals surface area (Å²) in [4.78, 5) is 35.4. The van der Waals surface area contributed by atoms with Crippen molar-refractivity contribution in [3.63, 3.8) is 0 Å². The minimum Gasteiger partial charge on any atom is -0.356 e. The number of amides is 1. The number of nitrogens with zero attached hydrogens (tertiary/aromatic N) is 8. The SMILES string of the molecule is O=C(NCc1cnccn1)C1CCCN(c2cc(-n3cncn3)ncn2)C1. The van der Waals surface area contributed by atoms with Crippen molar-refractivity contribution in [3.05, 3.63) is 49.3 Å². The van der Waals surface area contributed by atoms with Crippen LogP contribution in [0.4, 0.5) is 5.82 Å². The van der Waals surface area contributed by atoms with Crippen molar-refractivity contribution < 1.29 is 4.79 Å². The van der Waals surface area contributed by atoms with Gasteiger partial charge in [0.05, 0.1) is 24.4 Å². The predicted octanol–water partition coefficient (Wildman–Crippen LogP) is 0.380. The van der Waals surface area contributed by atoms with E-state index >= 15 is 0 Å². The van der Waals surface area contributed by atoms with E-state index in [4.69, 9.17) is 0 Å². The topological polar surface area (TPSA) is 115 Å². The summed E-state index contributed by atoms with van der Waals surface area (Å²) >= 11 is 0. The lowest BCUT2D eigenvalue weighted by Gasteiger charge is -2.32. The number of hydrogen-bond donors (Lipinski definition) is 1. The molecule has 1 fully saturated rings. The number of carbonyl (C=O) groups is 1. The Labute approximate surface area is 155 Å². The molecule has 27 heavy (non-hydrogen) atoms. The Bertz CT molecular complexity index is 884. The molecule has 0 aliphatic carbocycles. The molecule has 10 heteroatoms. The monoisotopic (exact) mass is 365 g/mol. The summed E-state index contributed by atoms with van der Waals surface area (Å²) in [6.45, 7) is 1.84. The normalized spacial score (nSPS) is 16.9. The fraction of sp³-hybridized carbons (Fsp3) is 0.353. The van der Waals surface area contributed by atoms with E-state index in [-0.39, 0.29) is 11.8 Å². The van der Waals surface area contributed by atoms with Crippen LogP contribution in [-0.4, -0.2) is 53.7 Å². The molecule has 4 rings (SSSR count). The minimum atomic E-state index is -0.0970. The summed E-state index contributed by atoms with van der Waals surface area (Å²) in [6, 6.07) is 1.86. The quantitative estimate of drug-likeness (QED) is 0.690. The number of piperidine rings is 1. The van der Waals surface area contributed by atoms with Crippen molar-refractivity contribution >= 4 is 11.7 Å². The van der Waals surface area contributed by atoms with Crippen molar-refractivity contribution in [2.24, 2.45) is 5.92 Å². The number of hydrogen-bond acceptors (Lipinski definition) is 8. The van der Waals surface area contributed by atoms with E-state index in [1.54, 1.807) is 29.6 Å². The van der Waals surface area contributed by atoms with Gasteiger partial charge in [-0.1, -0.05) is 0 Å². The molecule has 0 bridgehead atoms. The molecular weight excluding hydrogens is 346 g/mol. The average molecular weight is 365 g/mol. The first-order valence-corrected chi connectivity index (χ1v) is 8.74. The van der Waals surface area contributed by atoms with Crippen molar-refractivity contribution in [1.82, 2.24) is 40.0 Å². The standard InChI is InChI=1S/C17H19N9O/c27-17(21-8-14-7-18-3-4-20-14)13-2-1-5-25(9-13)15-6-16(23-11-22-15)26-12-19-10-24-26/h3-4,6-7,10-13H,1-2,5,8-9H2,(H,21,27). The lowest BCUT2D eigenvalue weighted by molar-refractivity contribution is -0.125. The third-order valence-electron chi connectivity index (χ3n) is 4.47.